The highest BCUT2D eigenvalue weighted by atomic mass is 16.6. The summed E-state index contributed by atoms with van der Waals surface area (Å²) in [5.41, 5.74) is 6.22. The maximum Gasteiger partial charge on any atom is 0.308 e. The lowest BCUT2D eigenvalue weighted by Gasteiger charge is -2.13. The molecule has 0 radical (unpaired) electrons. The third-order valence-corrected chi connectivity index (χ3v) is 3.18. The average molecular weight is 289 g/mol. The Kier molecular flexibility index (Phi) is 6.66. The molecule has 0 aliphatic heterocycles. The summed E-state index contributed by atoms with van der Waals surface area (Å²) < 4.78 is 0. The van der Waals surface area contributed by atoms with Crippen molar-refractivity contribution in [1.82, 2.24) is 0 Å². The third-order valence-electron chi connectivity index (χ3n) is 3.18. The van der Waals surface area contributed by atoms with Crippen LogP contribution in [0.25, 0.3) is 5.57 Å². The van der Waals surface area contributed by atoms with E-state index < -0.39 is 5.97 Å². The van der Waals surface area contributed by atoms with Crippen LogP contribution in [-0.2, 0) is 9.63 Å². The van der Waals surface area contributed by atoms with Crippen LogP contribution in [0.2, 0.25) is 0 Å². The van der Waals surface area contributed by atoms with Gasteiger partial charge in [0.25, 0.3) is 0 Å². The van der Waals surface area contributed by atoms with E-state index in [9.17, 15) is 4.79 Å². The van der Waals surface area contributed by atoms with Crippen molar-refractivity contribution in [2.24, 2.45) is 5.16 Å². The molecule has 1 rings (SSSR count). The number of benzene rings is 1. The number of oxime groups is 1. The Balaban J connectivity index is 2.68. The van der Waals surface area contributed by atoms with Crippen LogP contribution in [0.4, 0.5) is 0 Å². The number of carbonyl (C=O) groups is 1. The minimum Gasteiger partial charge on any atom is -0.481 e. The number of rotatable bonds is 7. The predicted molar refractivity (Wildman–Crippen MR) is 85.5 cm³/mol. The van der Waals surface area contributed by atoms with Crippen molar-refractivity contribution in [3.63, 3.8) is 0 Å². The molecule has 0 unspecified atom stereocenters. The van der Waals surface area contributed by atoms with Gasteiger partial charge >= 0.3 is 5.97 Å². The Hall–Kier alpha value is -2.10. The molecule has 0 saturated heterocycles. The average Bonchev–Trinajstić information content (AvgIpc) is 2.40. The molecule has 0 aliphatic carbocycles. The van der Waals surface area contributed by atoms with Gasteiger partial charge in [-0.2, -0.15) is 0 Å². The van der Waals surface area contributed by atoms with Crippen molar-refractivity contribution in [3.05, 3.63) is 40.5 Å². The van der Waals surface area contributed by atoms with E-state index in [2.05, 4.69) is 51.0 Å². The lowest BCUT2D eigenvalue weighted by Crippen LogP contribution is -1.98. The molecule has 0 spiro atoms. The summed E-state index contributed by atoms with van der Waals surface area (Å²) in [5, 5.41) is 12.1. The molecular weight excluding hydrogens is 266 g/mol. The second-order valence-electron chi connectivity index (χ2n) is 5.27. The van der Waals surface area contributed by atoms with Gasteiger partial charge in [-0.3, -0.25) is 4.79 Å². The molecule has 0 atom stereocenters. The second kappa shape index (κ2) is 8.25. The van der Waals surface area contributed by atoms with Gasteiger partial charge in [0.2, 0.25) is 0 Å². The summed E-state index contributed by atoms with van der Waals surface area (Å²) in [6.07, 6.45) is 1.89. The topological polar surface area (TPSA) is 58.9 Å². The van der Waals surface area contributed by atoms with E-state index in [4.69, 9.17) is 9.94 Å². The summed E-state index contributed by atoms with van der Waals surface area (Å²) in [5.74, 6) is -0.914. The summed E-state index contributed by atoms with van der Waals surface area (Å²) in [7, 11) is 0. The van der Waals surface area contributed by atoms with Crippen molar-refractivity contribution < 1.29 is 14.7 Å². The number of carboxylic acids is 1. The van der Waals surface area contributed by atoms with Crippen molar-refractivity contribution >= 4 is 17.8 Å². The van der Waals surface area contributed by atoms with Gasteiger partial charge in [0.15, 0.2) is 0 Å². The number of hydrogen-bond donors (Lipinski definition) is 1. The molecule has 0 aromatic heterocycles. The van der Waals surface area contributed by atoms with E-state index in [1.54, 1.807) is 0 Å². The standard InChI is InChI=1S/C17H23NO3/c1-12(2)15(8-10-21-18-9-7-17(19)20)16-11-13(3)5-6-14(16)4/h5-6,9,11H,7-8,10H2,1-4H3,(H,19,20)/b18-9+. The summed E-state index contributed by atoms with van der Waals surface area (Å²) in [6, 6.07) is 6.42. The van der Waals surface area contributed by atoms with Crippen LogP contribution in [0.3, 0.4) is 0 Å². The largest absolute Gasteiger partial charge is 0.481 e. The SMILES string of the molecule is CC(C)=C(CCO/N=C/CC(=O)O)c1cc(C)ccc1C. The van der Waals surface area contributed by atoms with E-state index in [0.717, 1.165) is 6.42 Å². The van der Waals surface area contributed by atoms with Crippen LogP contribution in [0.15, 0.2) is 28.9 Å². The van der Waals surface area contributed by atoms with Gasteiger partial charge in [0, 0.05) is 6.42 Å². The van der Waals surface area contributed by atoms with Gasteiger partial charge in [0.1, 0.15) is 6.61 Å². The number of aryl methyl sites for hydroxylation is 2. The Labute approximate surface area is 126 Å². The Morgan fingerprint density at radius 1 is 1.33 bits per heavy atom. The smallest absolute Gasteiger partial charge is 0.308 e. The molecule has 0 heterocycles. The van der Waals surface area contributed by atoms with Gasteiger partial charge in [-0.15, -0.1) is 0 Å². The summed E-state index contributed by atoms with van der Waals surface area (Å²) >= 11 is 0. The van der Waals surface area contributed by atoms with Crippen LogP contribution in [0, 0.1) is 13.8 Å². The molecular formula is C17H23NO3. The van der Waals surface area contributed by atoms with E-state index in [1.165, 1.54) is 34.1 Å². The van der Waals surface area contributed by atoms with Crippen molar-refractivity contribution in [2.75, 3.05) is 6.61 Å². The van der Waals surface area contributed by atoms with Crippen LogP contribution in [0.5, 0.6) is 0 Å². The van der Waals surface area contributed by atoms with Crippen LogP contribution < -0.4 is 0 Å². The molecule has 0 fully saturated rings. The molecule has 1 aromatic rings. The lowest BCUT2D eigenvalue weighted by molar-refractivity contribution is -0.135. The van der Waals surface area contributed by atoms with Gasteiger partial charge in [-0.1, -0.05) is 34.5 Å². The molecule has 1 N–H and O–H groups in total. The first-order valence-electron chi connectivity index (χ1n) is 7.01. The zero-order valence-electron chi connectivity index (χ0n) is 13.1. The molecule has 114 valence electrons. The van der Waals surface area contributed by atoms with Crippen LogP contribution in [0.1, 0.15) is 43.4 Å². The van der Waals surface area contributed by atoms with Gasteiger partial charge in [0.05, 0.1) is 12.6 Å². The normalized spacial score (nSPS) is 10.7. The Morgan fingerprint density at radius 3 is 2.67 bits per heavy atom. The quantitative estimate of drug-likeness (QED) is 0.469. The van der Waals surface area contributed by atoms with E-state index in [0.29, 0.717) is 6.61 Å². The van der Waals surface area contributed by atoms with Gasteiger partial charge < -0.3 is 9.94 Å². The van der Waals surface area contributed by atoms with Crippen molar-refractivity contribution in [1.29, 1.82) is 0 Å². The van der Waals surface area contributed by atoms with Gasteiger partial charge in [-0.25, -0.2) is 0 Å². The second-order valence-corrected chi connectivity index (χ2v) is 5.27. The molecule has 1 aromatic carbocycles. The highest BCUT2D eigenvalue weighted by Crippen LogP contribution is 2.26. The van der Waals surface area contributed by atoms with E-state index in [-0.39, 0.29) is 6.42 Å². The number of allylic oxidation sites excluding steroid dienone is 1. The third kappa shape index (κ3) is 5.81. The maximum absolute atomic E-state index is 10.3. The Bertz CT molecular complexity index is 555. The monoisotopic (exact) mass is 289 g/mol. The molecule has 0 aliphatic rings. The van der Waals surface area contributed by atoms with Crippen molar-refractivity contribution in [2.45, 2.75) is 40.5 Å². The van der Waals surface area contributed by atoms with E-state index in [1.807, 2.05) is 0 Å². The minimum atomic E-state index is -0.914. The zero-order chi connectivity index (χ0) is 15.8. The first-order chi connectivity index (χ1) is 9.91. The maximum atomic E-state index is 10.3. The molecule has 0 bridgehead atoms. The fourth-order valence-corrected chi connectivity index (χ4v) is 2.08. The summed E-state index contributed by atoms with van der Waals surface area (Å²) in [4.78, 5) is 15.5. The fraction of sp³-hybridized carbons (Fsp3) is 0.412. The minimum absolute atomic E-state index is 0.119. The van der Waals surface area contributed by atoms with Crippen molar-refractivity contribution in [3.8, 4) is 0 Å². The number of nitrogens with zero attached hydrogens (tertiary/aromatic N) is 1. The number of aliphatic carboxylic acids is 1. The molecule has 4 heteroatoms. The number of carboxylic acid groups (broad SMARTS) is 1. The molecule has 4 nitrogen and oxygen atoms in total. The highest BCUT2D eigenvalue weighted by molar-refractivity contribution is 5.84. The first kappa shape index (κ1) is 17.0. The van der Waals surface area contributed by atoms with Crippen LogP contribution in [-0.4, -0.2) is 23.9 Å². The van der Waals surface area contributed by atoms with Crippen LogP contribution >= 0.6 is 0 Å². The molecule has 21 heavy (non-hydrogen) atoms. The molecule has 0 saturated carbocycles. The molecule has 0 amide bonds. The summed E-state index contributed by atoms with van der Waals surface area (Å²) in [6.45, 7) is 8.79. The van der Waals surface area contributed by atoms with E-state index >= 15 is 0 Å². The fourth-order valence-electron chi connectivity index (χ4n) is 2.08. The predicted octanol–water partition coefficient (Wildman–Crippen LogP) is 3.96. The highest BCUT2D eigenvalue weighted by Gasteiger charge is 2.07. The van der Waals surface area contributed by atoms with Gasteiger partial charge in [-0.05, 0) is 44.4 Å². The lowest BCUT2D eigenvalue weighted by atomic mass is 9.93. The zero-order valence-corrected chi connectivity index (χ0v) is 13.1. The Morgan fingerprint density at radius 2 is 2.05 bits per heavy atom. The first-order valence-corrected chi connectivity index (χ1v) is 7.01. The number of hydrogen-bond acceptors (Lipinski definition) is 3.